The molecule has 2 aliphatic rings. The molecule has 7 nitrogen and oxygen atoms in total. The smallest absolute Gasteiger partial charge is 0.337 e. The summed E-state index contributed by atoms with van der Waals surface area (Å²) in [6.45, 7) is 9.36. The van der Waals surface area contributed by atoms with Crippen LogP contribution in [-0.2, 0) is 4.74 Å². The van der Waals surface area contributed by atoms with E-state index in [0.29, 0.717) is 36.8 Å². The Kier molecular flexibility index (Phi) is 8.48. The number of hydrogen-bond donors (Lipinski definition) is 0. The summed E-state index contributed by atoms with van der Waals surface area (Å²) in [7, 11) is 3.22. The number of rotatable bonds is 1. The predicted octanol–water partition coefficient (Wildman–Crippen LogP) is 3.52. The second kappa shape index (κ2) is 10.3. The number of carbonyl (C=O) groups is 2. The molecular formula is C19H29N3O4. The summed E-state index contributed by atoms with van der Waals surface area (Å²) in [6, 6.07) is 4.80. The van der Waals surface area contributed by atoms with Gasteiger partial charge in [-0.15, -0.1) is 0 Å². The van der Waals surface area contributed by atoms with Gasteiger partial charge in [0, 0.05) is 19.4 Å². The van der Waals surface area contributed by atoms with Crippen LogP contribution in [0.15, 0.2) is 30.6 Å². The zero-order valence-corrected chi connectivity index (χ0v) is 16.5. The molecule has 26 heavy (non-hydrogen) atoms. The number of amides is 2. The van der Waals surface area contributed by atoms with Crippen molar-refractivity contribution in [3.8, 4) is 5.75 Å². The fraction of sp³-hybridized carbons (Fsp3) is 0.474. The van der Waals surface area contributed by atoms with Crippen LogP contribution < -0.4 is 9.64 Å². The second-order valence-electron chi connectivity index (χ2n) is 5.12. The highest BCUT2D eigenvalue weighted by Gasteiger charge is 2.29. The standard InChI is InChI=1S/C15H17N3O4.2C2H6/c1-16-5-6-17(10-16)15(20)18-7-8-22-13-4-3-11(9-12(13)18)14(19)21-2;2*1-2/h3-6,9H,7-8,10H2,1-2H3;2*1-2H3. The molecule has 0 fully saturated rings. The fourth-order valence-electron chi connectivity index (χ4n) is 2.47. The van der Waals surface area contributed by atoms with Crippen molar-refractivity contribution in [2.75, 3.05) is 38.9 Å². The molecule has 0 unspecified atom stereocenters. The van der Waals surface area contributed by atoms with Crippen molar-refractivity contribution in [2.24, 2.45) is 0 Å². The Balaban J connectivity index is 0.000000791. The lowest BCUT2D eigenvalue weighted by molar-refractivity contribution is 0.0600. The van der Waals surface area contributed by atoms with E-state index >= 15 is 0 Å². The summed E-state index contributed by atoms with van der Waals surface area (Å²) in [4.78, 5) is 29.5. The minimum Gasteiger partial charge on any atom is -0.490 e. The molecule has 1 aromatic rings. The number of hydrogen-bond acceptors (Lipinski definition) is 5. The monoisotopic (exact) mass is 363 g/mol. The minimum absolute atomic E-state index is 0.146. The first-order chi connectivity index (χ1) is 12.6. The fourth-order valence-corrected chi connectivity index (χ4v) is 2.47. The molecule has 2 heterocycles. The average Bonchev–Trinajstić information content (AvgIpc) is 3.15. The normalized spacial score (nSPS) is 14.3. The van der Waals surface area contributed by atoms with Gasteiger partial charge < -0.3 is 14.4 Å². The number of benzene rings is 1. The molecule has 0 saturated heterocycles. The van der Waals surface area contributed by atoms with Gasteiger partial charge in [-0.3, -0.25) is 9.80 Å². The lowest BCUT2D eigenvalue weighted by atomic mass is 10.1. The quantitative estimate of drug-likeness (QED) is 0.715. The van der Waals surface area contributed by atoms with Crippen LogP contribution in [0.2, 0.25) is 0 Å². The van der Waals surface area contributed by atoms with Crippen molar-refractivity contribution < 1.29 is 19.1 Å². The number of fused-ring (bicyclic) bond motifs is 1. The second-order valence-corrected chi connectivity index (χ2v) is 5.12. The van der Waals surface area contributed by atoms with Crippen LogP contribution in [0.25, 0.3) is 0 Å². The van der Waals surface area contributed by atoms with E-state index in [0.717, 1.165) is 0 Å². The summed E-state index contributed by atoms with van der Waals surface area (Å²) in [6.07, 6.45) is 3.58. The molecule has 0 spiro atoms. The van der Waals surface area contributed by atoms with Crippen molar-refractivity contribution in [2.45, 2.75) is 27.7 Å². The highest BCUT2D eigenvalue weighted by Crippen LogP contribution is 2.33. The third-order valence-electron chi connectivity index (χ3n) is 3.60. The van der Waals surface area contributed by atoms with Crippen molar-refractivity contribution in [3.63, 3.8) is 0 Å². The average molecular weight is 363 g/mol. The predicted molar refractivity (Wildman–Crippen MR) is 102 cm³/mol. The van der Waals surface area contributed by atoms with Gasteiger partial charge in [0.15, 0.2) is 0 Å². The molecule has 3 rings (SSSR count). The van der Waals surface area contributed by atoms with Crippen molar-refractivity contribution in [3.05, 3.63) is 36.2 Å². The third kappa shape index (κ3) is 4.68. The Morgan fingerprint density at radius 2 is 1.81 bits per heavy atom. The molecule has 7 heteroatoms. The summed E-state index contributed by atoms with van der Waals surface area (Å²) < 4.78 is 10.3. The summed E-state index contributed by atoms with van der Waals surface area (Å²) >= 11 is 0. The van der Waals surface area contributed by atoms with Crippen LogP contribution in [0.4, 0.5) is 10.5 Å². The van der Waals surface area contributed by atoms with Gasteiger partial charge >= 0.3 is 12.0 Å². The van der Waals surface area contributed by atoms with Crippen molar-refractivity contribution in [1.29, 1.82) is 0 Å². The molecule has 0 bridgehead atoms. The Labute approximate surface area is 155 Å². The van der Waals surface area contributed by atoms with Gasteiger partial charge in [-0.1, -0.05) is 27.7 Å². The number of urea groups is 1. The SMILES string of the molecule is CC.CC.COC(=O)c1ccc2c(c1)N(C(=O)N1C=CN(C)C1)CCO2. The first-order valence-electron chi connectivity index (χ1n) is 8.92. The minimum atomic E-state index is -0.443. The van der Waals surface area contributed by atoms with Crippen LogP contribution in [0.1, 0.15) is 38.1 Å². The molecule has 144 valence electrons. The number of ether oxygens (including phenoxy) is 2. The number of carbonyl (C=O) groups excluding carboxylic acids is 2. The summed E-state index contributed by atoms with van der Waals surface area (Å²) in [5, 5.41) is 0. The first kappa shape index (κ1) is 21.3. The van der Waals surface area contributed by atoms with Crippen LogP contribution in [0.3, 0.4) is 0 Å². The maximum atomic E-state index is 12.7. The van der Waals surface area contributed by atoms with Crippen molar-refractivity contribution >= 4 is 17.7 Å². The Morgan fingerprint density at radius 3 is 2.38 bits per heavy atom. The Morgan fingerprint density at radius 1 is 1.12 bits per heavy atom. The van der Waals surface area contributed by atoms with Gasteiger partial charge in [0.05, 0.1) is 31.6 Å². The van der Waals surface area contributed by atoms with E-state index in [1.165, 1.54) is 7.11 Å². The van der Waals surface area contributed by atoms with Crippen LogP contribution in [-0.4, -0.2) is 55.8 Å². The number of methoxy groups -OCH3 is 1. The van der Waals surface area contributed by atoms with Gasteiger partial charge in [-0.2, -0.15) is 0 Å². The van der Waals surface area contributed by atoms with Gasteiger partial charge in [-0.05, 0) is 18.2 Å². The van der Waals surface area contributed by atoms with Gasteiger partial charge in [0.25, 0.3) is 0 Å². The Hall–Kier alpha value is -2.70. The Bertz CT molecular complexity index is 646. The van der Waals surface area contributed by atoms with E-state index < -0.39 is 5.97 Å². The molecule has 2 aliphatic heterocycles. The maximum absolute atomic E-state index is 12.7. The molecule has 2 amide bonds. The molecule has 0 atom stereocenters. The molecule has 0 aromatic heterocycles. The zero-order valence-electron chi connectivity index (χ0n) is 16.5. The van der Waals surface area contributed by atoms with E-state index in [2.05, 4.69) is 0 Å². The lowest BCUT2D eigenvalue weighted by Gasteiger charge is -2.32. The first-order valence-corrected chi connectivity index (χ1v) is 8.92. The highest BCUT2D eigenvalue weighted by atomic mass is 16.5. The van der Waals surface area contributed by atoms with E-state index in [1.807, 2.05) is 45.8 Å². The zero-order chi connectivity index (χ0) is 19.7. The molecule has 0 N–H and O–H groups in total. The van der Waals surface area contributed by atoms with Crippen LogP contribution in [0, 0.1) is 0 Å². The summed E-state index contributed by atoms with van der Waals surface area (Å²) in [5.41, 5.74) is 0.973. The molecule has 0 saturated carbocycles. The topological polar surface area (TPSA) is 62.3 Å². The van der Waals surface area contributed by atoms with E-state index in [1.54, 1.807) is 34.2 Å². The van der Waals surface area contributed by atoms with Crippen molar-refractivity contribution in [1.82, 2.24) is 9.80 Å². The highest BCUT2D eigenvalue weighted by molar-refractivity contribution is 5.97. The van der Waals surface area contributed by atoms with E-state index in [9.17, 15) is 9.59 Å². The summed E-state index contributed by atoms with van der Waals surface area (Å²) in [5.74, 6) is 0.144. The number of esters is 1. The van der Waals surface area contributed by atoms with E-state index in [4.69, 9.17) is 9.47 Å². The van der Waals surface area contributed by atoms with Gasteiger partial charge in [0.2, 0.25) is 0 Å². The number of nitrogens with zero attached hydrogens (tertiary/aromatic N) is 3. The van der Waals surface area contributed by atoms with E-state index in [-0.39, 0.29) is 6.03 Å². The largest absolute Gasteiger partial charge is 0.490 e. The molecule has 1 aromatic carbocycles. The molecule has 0 aliphatic carbocycles. The molecule has 0 radical (unpaired) electrons. The van der Waals surface area contributed by atoms with Gasteiger partial charge in [-0.25, -0.2) is 9.59 Å². The maximum Gasteiger partial charge on any atom is 0.337 e. The van der Waals surface area contributed by atoms with Crippen LogP contribution >= 0.6 is 0 Å². The number of anilines is 1. The van der Waals surface area contributed by atoms with Gasteiger partial charge in [0.1, 0.15) is 12.4 Å². The third-order valence-corrected chi connectivity index (χ3v) is 3.60. The van der Waals surface area contributed by atoms with Crippen LogP contribution in [0.5, 0.6) is 5.75 Å². The lowest BCUT2D eigenvalue weighted by Crippen LogP contribution is -2.45. The molecular weight excluding hydrogens is 334 g/mol.